The van der Waals surface area contributed by atoms with Crippen molar-refractivity contribution in [3.8, 4) is 0 Å². The summed E-state index contributed by atoms with van der Waals surface area (Å²) >= 11 is 0. The van der Waals surface area contributed by atoms with Crippen LogP contribution in [0.3, 0.4) is 0 Å². The van der Waals surface area contributed by atoms with Crippen molar-refractivity contribution in [3.05, 3.63) is 23.5 Å². The van der Waals surface area contributed by atoms with Gasteiger partial charge in [-0.1, -0.05) is 0 Å². The molecule has 0 radical (unpaired) electrons. The lowest BCUT2D eigenvalue weighted by molar-refractivity contribution is -0.134. The quantitative estimate of drug-likeness (QED) is 0.771. The van der Waals surface area contributed by atoms with Gasteiger partial charge in [-0.25, -0.2) is 4.79 Å². The summed E-state index contributed by atoms with van der Waals surface area (Å²) in [5.41, 5.74) is -0.596. The normalized spacial score (nSPS) is 23.2. The molecule has 96 valence electrons. The predicted molar refractivity (Wildman–Crippen MR) is 61.5 cm³/mol. The third-order valence-electron chi connectivity index (χ3n) is 2.32. The highest BCUT2D eigenvalue weighted by atomic mass is 16.5. The summed E-state index contributed by atoms with van der Waals surface area (Å²) in [5.74, 6) is -0.730. The number of aliphatic carboxylic acids is 1. The van der Waals surface area contributed by atoms with E-state index in [0.717, 1.165) is 0 Å². The first-order chi connectivity index (χ1) is 7.85. The van der Waals surface area contributed by atoms with Gasteiger partial charge in [-0.2, -0.15) is 0 Å². The third kappa shape index (κ3) is 3.87. The summed E-state index contributed by atoms with van der Waals surface area (Å²) in [6.45, 7) is 6.09. The minimum atomic E-state index is -1.14. The molecule has 2 N–H and O–H groups in total. The molecule has 0 aromatic heterocycles. The second kappa shape index (κ2) is 5.33. The van der Waals surface area contributed by atoms with Gasteiger partial charge in [0.15, 0.2) is 0 Å². The number of rotatable bonds is 4. The maximum absolute atomic E-state index is 10.9. The van der Waals surface area contributed by atoms with E-state index in [4.69, 9.17) is 14.6 Å². The number of aliphatic hydroxyl groups is 1. The van der Waals surface area contributed by atoms with Crippen LogP contribution in [0, 0.1) is 0 Å². The molecular weight excluding hydrogens is 224 g/mol. The fourth-order valence-corrected chi connectivity index (χ4v) is 1.60. The largest absolute Gasteiger partial charge is 0.491 e. The number of carboxylic acids is 1. The van der Waals surface area contributed by atoms with Gasteiger partial charge in [0.2, 0.25) is 0 Å². The van der Waals surface area contributed by atoms with Crippen LogP contribution in [0.1, 0.15) is 20.8 Å². The maximum atomic E-state index is 10.9. The van der Waals surface area contributed by atoms with Crippen LogP contribution in [-0.4, -0.2) is 41.1 Å². The van der Waals surface area contributed by atoms with Crippen molar-refractivity contribution < 1.29 is 24.5 Å². The van der Waals surface area contributed by atoms with Gasteiger partial charge in [0.25, 0.3) is 0 Å². The van der Waals surface area contributed by atoms with Crippen molar-refractivity contribution in [1.29, 1.82) is 0 Å². The molecule has 0 aromatic rings. The monoisotopic (exact) mass is 242 g/mol. The van der Waals surface area contributed by atoms with Gasteiger partial charge in [0, 0.05) is 6.61 Å². The standard InChI is InChI=1S/C12H18O5/c1-4-17-12(2,3)6-8-5-9(11(14)15)10(13)7-16-8/h5-6,10,13H,4,7H2,1-3H3,(H,14,15)/t10-/m1/s1. The Bertz CT molecular complexity index is 354. The molecule has 1 aliphatic heterocycles. The van der Waals surface area contributed by atoms with Crippen LogP contribution in [0.15, 0.2) is 23.5 Å². The molecule has 5 heteroatoms. The van der Waals surface area contributed by atoms with Crippen LogP contribution in [0.25, 0.3) is 0 Å². The van der Waals surface area contributed by atoms with E-state index < -0.39 is 17.7 Å². The van der Waals surface area contributed by atoms with Crippen LogP contribution in [0.2, 0.25) is 0 Å². The summed E-state index contributed by atoms with van der Waals surface area (Å²) in [6, 6.07) is 0. The highest BCUT2D eigenvalue weighted by Crippen LogP contribution is 2.21. The number of carbonyl (C=O) groups is 1. The van der Waals surface area contributed by atoms with Crippen LogP contribution < -0.4 is 0 Å². The van der Waals surface area contributed by atoms with E-state index in [9.17, 15) is 9.90 Å². The lowest BCUT2D eigenvalue weighted by atomic mass is 10.0. The molecule has 1 atom stereocenters. The number of aliphatic hydroxyl groups excluding tert-OH is 1. The summed E-state index contributed by atoms with van der Waals surface area (Å²) in [4.78, 5) is 10.9. The highest BCUT2D eigenvalue weighted by Gasteiger charge is 2.25. The minimum absolute atomic E-state index is 0.0494. The van der Waals surface area contributed by atoms with Crippen molar-refractivity contribution >= 4 is 5.97 Å². The van der Waals surface area contributed by atoms with Crippen LogP contribution in [0.5, 0.6) is 0 Å². The Labute approximate surface area is 100 Å². The average Bonchev–Trinajstić information content (AvgIpc) is 2.20. The van der Waals surface area contributed by atoms with Gasteiger partial charge in [-0.05, 0) is 32.9 Å². The lowest BCUT2D eigenvalue weighted by Gasteiger charge is -2.25. The Morgan fingerprint density at radius 3 is 2.88 bits per heavy atom. The van der Waals surface area contributed by atoms with Crippen molar-refractivity contribution in [1.82, 2.24) is 0 Å². The number of carboxylic acid groups (broad SMARTS) is 1. The maximum Gasteiger partial charge on any atom is 0.334 e. The molecule has 0 saturated carbocycles. The zero-order valence-electron chi connectivity index (χ0n) is 10.3. The molecule has 0 saturated heterocycles. The van der Waals surface area contributed by atoms with Crippen molar-refractivity contribution in [2.45, 2.75) is 32.5 Å². The molecular formula is C12H18O5. The minimum Gasteiger partial charge on any atom is -0.491 e. The summed E-state index contributed by atoms with van der Waals surface area (Å²) < 4.78 is 10.7. The SMILES string of the molecule is CCOC(C)(C)C=C1C=C(C(=O)O)[C@H](O)CO1. The molecule has 0 spiro atoms. The number of ether oxygens (including phenoxy) is 2. The van der Waals surface area contributed by atoms with Gasteiger partial charge < -0.3 is 19.7 Å². The third-order valence-corrected chi connectivity index (χ3v) is 2.32. The first kappa shape index (κ1) is 13.7. The molecule has 17 heavy (non-hydrogen) atoms. The number of allylic oxidation sites excluding steroid dienone is 1. The number of hydrogen-bond acceptors (Lipinski definition) is 4. The Morgan fingerprint density at radius 1 is 1.71 bits per heavy atom. The van der Waals surface area contributed by atoms with Gasteiger partial charge in [0.1, 0.15) is 18.5 Å². The van der Waals surface area contributed by atoms with E-state index in [1.165, 1.54) is 6.08 Å². The van der Waals surface area contributed by atoms with E-state index in [1.807, 2.05) is 20.8 Å². The zero-order valence-corrected chi connectivity index (χ0v) is 10.3. The lowest BCUT2D eigenvalue weighted by Crippen LogP contribution is -2.28. The molecule has 0 bridgehead atoms. The van der Waals surface area contributed by atoms with Crippen LogP contribution in [-0.2, 0) is 14.3 Å². The molecule has 0 unspecified atom stereocenters. The smallest absolute Gasteiger partial charge is 0.334 e. The first-order valence-electron chi connectivity index (χ1n) is 5.48. The Hall–Kier alpha value is -1.33. The molecule has 0 aliphatic carbocycles. The predicted octanol–water partition coefficient (Wildman–Crippen LogP) is 1.09. The molecule has 5 nitrogen and oxygen atoms in total. The number of hydrogen-bond donors (Lipinski definition) is 2. The van der Waals surface area contributed by atoms with E-state index >= 15 is 0 Å². The fraction of sp³-hybridized carbons (Fsp3) is 0.583. The van der Waals surface area contributed by atoms with E-state index in [0.29, 0.717) is 12.4 Å². The zero-order chi connectivity index (χ0) is 13.1. The van der Waals surface area contributed by atoms with Gasteiger partial charge in [-0.15, -0.1) is 0 Å². The fourth-order valence-electron chi connectivity index (χ4n) is 1.60. The van der Waals surface area contributed by atoms with E-state index in [2.05, 4.69) is 0 Å². The van der Waals surface area contributed by atoms with Crippen LogP contribution >= 0.6 is 0 Å². The Morgan fingerprint density at radius 2 is 2.35 bits per heavy atom. The van der Waals surface area contributed by atoms with Gasteiger partial charge in [0.05, 0.1) is 11.2 Å². The van der Waals surface area contributed by atoms with E-state index in [1.54, 1.807) is 6.08 Å². The summed E-state index contributed by atoms with van der Waals surface area (Å²) in [7, 11) is 0. The highest BCUT2D eigenvalue weighted by molar-refractivity contribution is 5.88. The van der Waals surface area contributed by atoms with Crippen molar-refractivity contribution in [2.75, 3.05) is 13.2 Å². The van der Waals surface area contributed by atoms with Gasteiger partial charge >= 0.3 is 5.97 Å². The summed E-state index contributed by atoms with van der Waals surface area (Å²) in [6.07, 6.45) is 1.95. The average molecular weight is 242 g/mol. The second-order valence-electron chi connectivity index (χ2n) is 4.31. The molecule has 1 rings (SSSR count). The molecule has 1 heterocycles. The second-order valence-corrected chi connectivity index (χ2v) is 4.31. The molecule has 0 amide bonds. The molecule has 0 aromatic carbocycles. The molecule has 0 fully saturated rings. The van der Waals surface area contributed by atoms with Gasteiger partial charge in [-0.3, -0.25) is 0 Å². The topological polar surface area (TPSA) is 76.0 Å². The Kier molecular flexibility index (Phi) is 4.31. The Balaban J connectivity index is 2.93. The van der Waals surface area contributed by atoms with E-state index in [-0.39, 0.29) is 12.2 Å². The van der Waals surface area contributed by atoms with Crippen LogP contribution in [0.4, 0.5) is 0 Å². The first-order valence-corrected chi connectivity index (χ1v) is 5.48. The summed E-state index contributed by atoms with van der Waals surface area (Å²) in [5, 5.41) is 18.3. The van der Waals surface area contributed by atoms with Crippen molar-refractivity contribution in [3.63, 3.8) is 0 Å². The van der Waals surface area contributed by atoms with Crippen molar-refractivity contribution in [2.24, 2.45) is 0 Å². The molecule has 1 aliphatic rings.